The monoisotopic (exact) mass is 471 g/mol. The standard InChI is InChI=1S/C27H29N5OS/c1-2-6-20(7-3-1)30-27-31-23-9-8-21(18-25(23)34-27)33-22-11-13-28-24(17-22)19-10-12-29-26(16-19)32-14-4-5-15-32/h8-13,16-18,20H,1-7,14-15H2,(H,30,31). The maximum Gasteiger partial charge on any atom is 0.184 e. The summed E-state index contributed by atoms with van der Waals surface area (Å²) in [5.41, 5.74) is 2.95. The van der Waals surface area contributed by atoms with Gasteiger partial charge in [0.2, 0.25) is 0 Å². The van der Waals surface area contributed by atoms with Crippen LogP contribution >= 0.6 is 11.3 Å². The van der Waals surface area contributed by atoms with Gasteiger partial charge < -0.3 is 15.0 Å². The summed E-state index contributed by atoms with van der Waals surface area (Å²) in [5.74, 6) is 2.61. The molecule has 0 atom stereocenters. The van der Waals surface area contributed by atoms with Crippen molar-refractivity contribution in [2.75, 3.05) is 23.3 Å². The molecule has 1 saturated carbocycles. The molecular formula is C27H29N5OS. The number of ether oxygens (including phenoxy) is 1. The van der Waals surface area contributed by atoms with Gasteiger partial charge in [-0.25, -0.2) is 9.97 Å². The molecule has 2 fully saturated rings. The highest BCUT2D eigenvalue weighted by Gasteiger charge is 2.16. The van der Waals surface area contributed by atoms with Crippen LogP contribution in [0.1, 0.15) is 44.9 Å². The summed E-state index contributed by atoms with van der Waals surface area (Å²) in [6.07, 6.45) is 12.6. The van der Waals surface area contributed by atoms with E-state index in [0.717, 1.165) is 57.0 Å². The number of nitrogens with one attached hydrogen (secondary N) is 1. The lowest BCUT2D eigenvalue weighted by Crippen LogP contribution is -2.21. The van der Waals surface area contributed by atoms with Crippen LogP contribution in [0.4, 0.5) is 10.9 Å². The number of hydrogen-bond acceptors (Lipinski definition) is 7. The number of aromatic nitrogens is 3. The fourth-order valence-corrected chi connectivity index (χ4v) is 5.89. The molecule has 1 aliphatic heterocycles. The maximum atomic E-state index is 6.23. The summed E-state index contributed by atoms with van der Waals surface area (Å²) >= 11 is 1.70. The van der Waals surface area contributed by atoms with E-state index in [2.05, 4.69) is 32.3 Å². The first-order chi connectivity index (χ1) is 16.8. The van der Waals surface area contributed by atoms with Gasteiger partial charge in [0.25, 0.3) is 0 Å². The normalized spacial score (nSPS) is 16.8. The second kappa shape index (κ2) is 9.58. The van der Waals surface area contributed by atoms with Crippen molar-refractivity contribution in [2.45, 2.75) is 51.0 Å². The molecule has 1 N–H and O–H groups in total. The summed E-state index contributed by atoms with van der Waals surface area (Å²) in [6.45, 7) is 2.15. The zero-order chi connectivity index (χ0) is 22.7. The SMILES string of the molecule is c1cc(Oc2ccc3nc(NC4CCCCC4)sc3c2)cc(-c2ccnc(N3CCCC3)c2)n1. The quantitative estimate of drug-likeness (QED) is 0.330. The summed E-state index contributed by atoms with van der Waals surface area (Å²) in [7, 11) is 0. The minimum atomic E-state index is 0.555. The van der Waals surface area contributed by atoms with Gasteiger partial charge in [0.05, 0.1) is 15.9 Å². The van der Waals surface area contributed by atoms with E-state index in [0.29, 0.717) is 6.04 Å². The molecule has 7 heteroatoms. The number of hydrogen-bond donors (Lipinski definition) is 1. The molecule has 34 heavy (non-hydrogen) atoms. The van der Waals surface area contributed by atoms with Crippen LogP contribution in [0.5, 0.6) is 11.5 Å². The molecule has 0 radical (unpaired) electrons. The van der Waals surface area contributed by atoms with Crippen LogP contribution in [0, 0.1) is 0 Å². The number of pyridine rings is 2. The van der Waals surface area contributed by atoms with Gasteiger partial charge in [-0.05, 0) is 56.0 Å². The molecule has 4 aromatic rings. The summed E-state index contributed by atoms with van der Waals surface area (Å²) in [4.78, 5) is 16.3. The Hall–Kier alpha value is -3.19. The van der Waals surface area contributed by atoms with E-state index in [1.54, 1.807) is 17.5 Å². The number of thiazole rings is 1. The number of fused-ring (bicyclic) bond motifs is 1. The molecule has 0 bridgehead atoms. The molecule has 0 amide bonds. The van der Waals surface area contributed by atoms with E-state index in [1.165, 1.54) is 44.9 Å². The zero-order valence-corrected chi connectivity index (χ0v) is 20.1. The molecule has 3 aromatic heterocycles. The van der Waals surface area contributed by atoms with Crippen LogP contribution in [-0.2, 0) is 0 Å². The lowest BCUT2D eigenvalue weighted by atomic mass is 9.96. The maximum absolute atomic E-state index is 6.23. The Kier molecular flexibility index (Phi) is 6.02. The Morgan fingerprint density at radius 3 is 2.56 bits per heavy atom. The van der Waals surface area contributed by atoms with Crippen molar-refractivity contribution in [1.29, 1.82) is 0 Å². The summed E-state index contributed by atoms with van der Waals surface area (Å²) in [6, 6.07) is 14.7. The summed E-state index contributed by atoms with van der Waals surface area (Å²) in [5, 5.41) is 4.65. The van der Waals surface area contributed by atoms with Crippen molar-refractivity contribution in [2.24, 2.45) is 0 Å². The fraction of sp³-hybridized carbons (Fsp3) is 0.370. The molecule has 6 nitrogen and oxygen atoms in total. The third-order valence-corrected chi connectivity index (χ3v) is 7.68. The molecule has 4 heterocycles. The Morgan fingerprint density at radius 1 is 0.853 bits per heavy atom. The number of benzene rings is 1. The van der Waals surface area contributed by atoms with Crippen LogP contribution in [0.3, 0.4) is 0 Å². The van der Waals surface area contributed by atoms with Crippen molar-refractivity contribution in [1.82, 2.24) is 15.0 Å². The third kappa shape index (κ3) is 4.71. The lowest BCUT2D eigenvalue weighted by Gasteiger charge is -2.22. The predicted octanol–water partition coefficient (Wildman–Crippen LogP) is 6.89. The highest BCUT2D eigenvalue weighted by atomic mass is 32.1. The second-order valence-corrected chi connectivity index (χ2v) is 10.2. The van der Waals surface area contributed by atoms with E-state index in [1.807, 2.05) is 36.5 Å². The van der Waals surface area contributed by atoms with Gasteiger partial charge in [0.15, 0.2) is 5.13 Å². The molecule has 1 saturated heterocycles. The lowest BCUT2D eigenvalue weighted by molar-refractivity contribution is 0.462. The van der Waals surface area contributed by atoms with Crippen LogP contribution in [0.25, 0.3) is 21.5 Å². The van der Waals surface area contributed by atoms with Crippen molar-refractivity contribution in [3.05, 3.63) is 54.9 Å². The van der Waals surface area contributed by atoms with Crippen molar-refractivity contribution < 1.29 is 4.74 Å². The Bertz CT molecular complexity index is 1280. The molecule has 0 unspecified atom stereocenters. The Morgan fingerprint density at radius 2 is 1.68 bits per heavy atom. The first kappa shape index (κ1) is 21.4. The van der Waals surface area contributed by atoms with Gasteiger partial charge in [-0.3, -0.25) is 4.98 Å². The van der Waals surface area contributed by atoms with E-state index in [-0.39, 0.29) is 0 Å². The van der Waals surface area contributed by atoms with Crippen LogP contribution in [0.15, 0.2) is 54.9 Å². The molecule has 2 aliphatic rings. The first-order valence-electron chi connectivity index (χ1n) is 12.3. The molecule has 6 rings (SSSR count). The molecule has 1 aromatic carbocycles. The van der Waals surface area contributed by atoms with E-state index in [4.69, 9.17) is 9.72 Å². The Balaban J connectivity index is 1.19. The molecular weight excluding hydrogens is 442 g/mol. The van der Waals surface area contributed by atoms with E-state index < -0.39 is 0 Å². The van der Waals surface area contributed by atoms with Crippen LogP contribution in [0.2, 0.25) is 0 Å². The Labute approximate surface area is 204 Å². The molecule has 174 valence electrons. The van der Waals surface area contributed by atoms with Gasteiger partial charge in [0.1, 0.15) is 17.3 Å². The van der Waals surface area contributed by atoms with Crippen LogP contribution < -0.4 is 15.0 Å². The van der Waals surface area contributed by atoms with Crippen molar-refractivity contribution in [3.8, 4) is 22.8 Å². The second-order valence-electron chi connectivity index (χ2n) is 9.20. The van der Waals surface area contributed by atoms with Gasteiger partial charge in [-0.2, -0.15) is 0 Å². The third-order valence-electron chi connectivity index (χ3n) is 6.73. The van der Waals surface area contributed by atoms with E-state index >= 15 is 0 Å². The average Bonchev–Trinajstić information content (AvgIpc) is 3.55. The van der Waals surface area contributed by atoms with Crippen LogP contribution in [-0.4, -0.2) is 34.1 Å². The summed E-state index contributed by atoms with van der Waals surface area (Å²) < 4.78 is 7.36. The first-order valence-corrected chi connectivity index (χ1v) is 13.1. The van der Waals surface area contributed by atoms with Gasteiger partial charge in [0, 0.05) is 49.2 Å². The largest absolute Gasteiger partial charge is 0.457 e. The van der Waals surface area contributed by atoms with Gasteiger partial charge in [-0.15, -0.1) is 0 Å². The number of rotatable bonds is 6. The fourth-order valence-electron chi connectivity index (χ4n) is 4.92. The smallest absolute Gasteiger partial charge is 0.184 e. The van der Waals surface area contributed by atoms with Crippen molar-refractivity contribution in [3.63, 3.8) is 0 Å². The van der Waals surface area contributed by atoms with Crippen molar-refractivity contribution >= 4 is 32.5 Å². The number of nitrogens with zero attached hydrogens (tertiary/aromatic N) is 4. The van der Waals surface area contributed by atoms with Gasteiger partial charge in [-0.1, -0.05) is 30.6 Å². The minimum absolute atomic E-state index is 0.555. The average molecular weight is 472 g/mol. The number of anilines is 2. The van der Waals surface area contributed by atoms with Gasteiger partial charge >= 0.3 is 0 Å². The predicted molar refractivity (Wildman–Crippen MR) is 139 cm³/mol. The minimum Gasteiger partial charge on any atom is -0.457 e. The van der Waals surface area contributed by atoms with E-state index in [9.17, 15) is 0 Å². The topological polar surface area (TPSA) is 63.2 Å². The highest BCUT2D eigenvalue weighted by Crippen LogP contribution is 2.33. The molecule has 0 spiro atoms. The molecule has 1 aliphatic carbocycles. The zero-order valence-electron chi connectivity index (χ0n) is 19.2. The highest BCUT2D eigenvalue weighted by molar-refractivity contribution is 7.22.